The van der Waals surface area contributed by atoms with Gasteiger partial charge in [-0.25, -0.2) is 0 Å². The van der Waals surface area contributed by atoms with Crippen molar-refractivity contribution in [3.8, 4) is 11.5 Å². The monoisotopic (exact) mass is 396 g/mol. The molecule has 3 rings (SSSR count). The molecular formula is C23H24O6. The number of carbonyl (C=O) groups is 3. The topological polar surface area (TPSA) is 78.9 Å². The molecule has 0 saturated carbocycles. The molecule has 6 nitrogen and oxygen atoms in total. The van der Waals surface area contributed by atoms with Gasteiger partial charge in [0.25, 0.3) is 0 Å². The van der Waals surface area contributed by atoms with Gasteiger partial charge >= 0.3 is 5.97 Å². The van der Waals surface area contributed by atoms with Crippen molar-refractivity contribution in [3.63, 3.8) is 0 Å². The van der Waals surface area contributed by atoms with Crippen molar-refractivity contribution in [2.75, 3.05) is 13.2 Å². The Balaban J connectivity index is 1.53. The van der Waals surface area contributed by atoms with Crippen LogP contribution in [0.25, 0.3) is 0 Å². The summed E-state index contributed by atoms with van der Waals surface area (Å²) in [4.78, 5) is 37.0. The number of esters is 1. The fraction of sp³-hybridized carbons (Fsp3) is 0.348. The van der Waals surface area contributed by atoms with Gasteiger partial charge in [-0.05, 0) is 56.2 Å². The van der Waals surface area contributed by atoms with Crippen molar-refractivity contribution in [3.05, 3.63) is 58.7 Å². The average Bonchev–Trinajstić information content (AvgIpc) is 2.73. The van der Waals surface area contributed by atoms with Crippen molar-refractivity contribution >= 4 is 17.5 Å². The van der Waals surface area contributed by atoms with E-state index in [-0.39, 0.29) is 24.4 Å². The lowest BCUT2D eigenvalue weighted by molar-refractivity contribution is -0.146. The second-order valence-corrected chi connectivity index (χ2v) is 7.08. The quantitative estimate of drug-likeness (QED) is 0.522. The summed E-state index contributed by atoms with van der Waals surface area (Å²) in [6.07, 6.45) is -1.02. The number of fused-ring (bicyclic) bond motifs is 1. The van der Waals surface area contributed by atoms with Crippen LogP contribution >= 0.6 is 0 Å². The molecule has 0 saturated heterocycles. The predicted molar refractivity (Wildman–Crippen MR) is 107 cm³/mol. The molecule has 6 heteroatoms. The Hall–Kier alpha value is -3.15. The van der Waals surface area contributed by atoms with Gasteiger partial charge in [0.05, 0.1) is 6.42 Å². The van der Waals surface area contributed by atoms with Gasteiger partial charge < -0.3 is 14.2 Å². The summed E-state index contributed by atoms with van der Waals surface area (Å²) in [5.74, 6) is 0.0791. The van der Waals surface area contributed by atoms with Crippen molar-refractivity contribution in [1.82, 2.24) is 0 Å². The molecule has 0 radical (unpaired) electrons. The molecule has 2 aromatic rings. The first-order valence-corrected chi connectivity index (χ1v) is 9.59. The number of aryl methyl sites for hydroxylation is 2. The molecule has 1 aliphatic rings. The Bertz CT molecular complexity index is 946. The Morgan fingerprint density at radius 1 is 0.897 bits per heavy atom. The van der Waals surface area contributed by atoms with E-state index in [0.29, 0.717) is 35.8 Å². The number of rotatable bonds is 7. The number of benzene rings is 2. The summed E-state index contributed by atoms with van der Waals surface area (Å²) in [6.45, 7) is 6.34. The molecule has 0 aliphatic carbocycles. The van der Waals surface area contributed by atoms with E-state index in [2.05, 4.69) is 0 Å². The predicted octanol–water partition coefficient (Wildman–Crippen LogP) is 3.85. The highest BCUT2D eigenvalue weighted by Crippen LogP contribution is 2.31. The third kappa shape index (κ3) is 5.02. The first-order valence-electron chi connectivity index (χ1n) is 9.59. The van der Waals surface area contributed by atoms with Crippen molar-refractivity contribution in [1.29, 1.82) is 0 Å². The standard InChI is InChI=1S/C23H24O6/c1-14-4-5-18(12-15(14)2)23(26)16(3)29-22(25)9-7-19(24)17-6-8-20-21(13-17)28-11-10-27-20/h4-6,8,12-13,16H,7,9-11H2,1-3H3/t16-/m0/s1. The molecule has 29 heavy (non-hydrogen) atoms. The van der Waals surface area contributed by atoms with Gasteiger partial charge in [-0.2, -0.15) is 0 Å². The molecule has 0 bridgehead atoms. The summed E-state index contributed by atoms with van der Waals surface area (Å²) >= 11 is 0. The molecule has 2 aromatic carbocycles. The van der Waals surface area contributed by atoms with Gasteiger partial charge in [0.1, 0.15) is 13.2 Å². The fourth-order valence-corrected chi connectivity index (χ4v) is 3.02. The molecule has 0 aromatic heterocycles. The van der Waals surface area contributed by atoms with Gasteiger partial charge in [0.2, 0.25) is 5.78 Å². The minimum absolute atomic E-state index is 0.0109. The average molecular weight is 396 g/mol. The lowest BCUT2D eigenvalue weighted by atomic mass is 10.0. The summed E-state index contributed by atoms with van der Waals surface area (Å²) in [6, 6.07) is 10.3. The highest BCUT2D eigenvalue weighted by atomic mass is 16.6. The van der Waals surface area contributed by atoms with Crippen LogP contribution < -0.4 is 9.47 Å². The van der Waals surface area contributed by atoms with Crippen molar-refractivity contribution in [2.24, 2.45) is 0 Å². The summed E-state index contributed by atoms with van der Waals surface area (Å²) < 4.78 is 16.1. The number of carbonyl (C=O) groups excluding carboxylic acids is 3. The SMILES string of the molecule is Cc1ccc(C(=O)[C@H](C)OC(=O)CCC(=O)c2ccc3c(c2)OCCO3)cc1C. The van der Waals surface area contributed by atoms with E-state index in [9.17, 15) is 14.4 Å². The van der Waals surface area contributed by atoms with E-state index in [1.165, 1.54) is 6.92 Å². The number of hydrogen-bond acceptors (Lipinski definition) is 6. The highest BCUT2D eigenvalue weighted by Gasteiger charge is 2.21. The molecule has 0 N–H and O–H groups in total. The van der Waals surface area contributed by atoms with Gasteiger partial charge in [-0.1, -0.05) is 12.1 Å². The number of ketones is 2. The van der Waals surface area contributed by atoms with Crippen LogP contribution in [0.5, 0.6) is 11.5 Å². The summed E-state index contributed by atoms with van der Waals surface area (Å²) in [7, 11) is 0. The van der Waals surface area contributed by atoms with Gasteiger partial charge in [-0.3, -0.25) is 14.4 Å². The lowest BCUT2D eigenvalue weighted by Gasteiger charge is -2.18. The minimum Gasteiger partial charge on any atom is -0.486 e. The molecule has 1 heterocycles. The number of hydrogen-bond donors (Lipinski definition) is 0. The Labute approximate surface area is 169 Å². The fourth-order valence-electron chi connectivity index (χ4n) is 3.02. The first kappa shape index (κ1) is 20.6. The minimum atomic E-state index is -0.908. The second-order valence-electron chi connectivity index (χ2n) is 7.08. The van der Waals surface area contributed by atoms with E-state index in [0.717, 1.165) is 11.1 Å². The van der Waals surface area contributed by atoms with Crippen molar-refractivity contribution in [2.45, 2.75) is 39.7 Å². The summed E-state index contributed by atoms with van der Waals surface area (Å²) in [5, 5.41) is 0. The normalized spacial score (nSPS) is 13.5. The lowest BCUT2D eigenvalue weighted by Crippen LogP contribution is -2.24. The van der Waals surface area contributed by atoms with E-state index < -0.39 is 12.1 Å². The van der Waals surface area contributed by atoms with Gasteiger partial charge in [-0.15, -0.1) is 0 Å². The van der Waals surface area contributed by atoms with Crippen LogP contribution in [0.15, 0.2) is 36.4 Å². The smallest absolute Gasteiger partial charge is 0.306 e. The molecule has 0 amide bonds. The Kier molecular flexibility index (Phi) is 6.32. The van der Waals surface area contributed by atoms with E-state index in [4.69, 9.17) is 14.2 Å². The highest BCUT2D eigenvalue weighted by molar-refractivity contribution is 6.01. The van der Waals surface area contributed by atoms with Gasteiger partial charge in [0, 0.05) is 17.5 Å². The number of ether oxygens (including phenoxy) is 3. The van der Waals surface area contributed by atoms with Crippen LogP contribution in [0.1, 0.15) is 51.6 Å². The Morgan fingerprint density at radius 3 is 2.31 bits per heavy atom. The zero-order chi connectivity index (χ0) is 21.0. The van der Waals surface area contributed by atoms with Crippen LogP contribution in [0.2, 0.25) is 0 Å². The maximum atomic E-state index is 12.5. The van der Waals surface area contributed by atoms with Crippen LogP contribution in [-0.4, -0.2) is 36.9 Å². The molecule has 1 aliphatic heterocycles. The third-order valence-corrected chi connectivity index (χ3v) is 4.89. The first-order chi connectivity index (χ1) is 13.8. The number of Topliss-reactive ketones (excluding diaryl/α,β-unsaturated/α-hetero) is 2. The molecule has 0 spiro atoms. The van der Waals surface area contributed by atoms with Gasteiger partial charge in [0.15, 0.2) is 23.4 Å². The van der Waals surface area contributed by atoms with Crippen LogP contribution in [0, 0.1) is 13.8 Å². The van der Waals surface area contributed by atoms with Crippen LogP contribution in [0.4, 0.5) is 0 Å². The maximum absolute atomic E-state index is 12.5. The molecule has 0 fully saturated rings. The zero-order valence-electron chi connectivity index (χ0n) is 16.8. The molecule has 152 valence electrons. The zero-order valence-corrected chi connectivity index (χ0v) is 16.8. The van der Waals surface area contributed by atoms with E-state index in [1.807, 2.05) is 19.9 Å². The third-order valence-electron chi connectivity index (χ3n) is 4.89. The molecular weight excluding hydrogens is 372 g/mol. The second kappa shape index (κ2) is 8.90. The summed E-state index contributed by atoms with van der Waals surface area (Å²) in [5.41, 5.74) is 3.03. The van der Waals surface area contributed by atoms with E-state index >= 15 is 0 Å². The molecule has 0 unspecified atom stereocenters. The van der Waals surface area contributed by atoms with E-state index in [1.54, 1.807) is 30.3 Å². The van der Waals surface area contributed by atoms with Crippen molar-refractivity contribution < 1.29 is 28.6 Å². The Morgan fingerprint density at radius 2 is 1.59 bits per heavy atom. The largest absolute Gasteiger partial charge is 0.486 e. The van der Waals surface area contributed by atoms with Crippen LogP contribution in [-0.2, 0) is 9.53 Å². The maximum Gasteiger partial charge on any atom is 0.306 e. The molecule has 1 atom stereocenters. The van der Waals surface area contributed by atoms with Crippen LogP contribution in [0.3, 0.4) is 0 Å².